The summed E-state index contributed by atoms with van der Waals surface area (Å²) in [6.45, 7) is 3.43. The van der Waals surface area contributed by atoms with Crippen molar-refractivity contribution in [2.45, 2.75) is 20.0 Å². The van der Waals surface area contributed by atoms with Crippen LogP contribution in [0.15, 0.2) is 24.3 Å². The van der Waals surface area contributed by atoms with Gasteiger partial charge < -0.3 is 10.2 Å². The molecule has 14 heavy (non-hydrogen) atoms. The van der Waals surface area contributed by atoms with Gasteiger partial charge in [-0.3, -0.25) is 4.79 Å². The van der Waals surface area contributed by atoms with Gasteiger partial charge in [-0.25, -0.2) is 0 Å². The summed E-state index contributed by atoms with van der Waals surface area (Å²) in [6, 6.07) is 7.21. The van der Waals surface area contributed by atoms with Gasteiger partial charge in [-0.15, -0.1) is 0 Å². The second-order valence-corrected chi connectivity index (χ2v) is 3.48. The molecule has 0 saturated heterocycles. The van der Waals surface area contributed by atoms with Gasteiger partial charge >= 0.3 is 5.97 Å². The van der Waals surface area contributed by atoms with Crippen LogP contribution in [0.5, 0.6) is 0 Å². The fraction of sp³-hybridized carbons (Fsp3) is 0.364. The molecule has 0 fully saturated rings. The Bertz CT molecular complexity index is 316. The summed E-state index contributed by atoms with van der Waals surface area (Å²) in [5.41, 5.74) is 1.73. The molecule has 1 aromatic carbocycles. The third kappa shape index (κ3) is 2.33. The second-order valence-electron chi connectivity index (χ2n) is 3.48. The van der Waals surface area contributed by atoms with Crippen molar-refractivity contribution in [2.24, 2.45) is 5.92 Å². The number of carboxylic acid groups (broad SMARTS) is 1. The number of benzene rings is 1. The standard InChI is InChI=1S/C11H14O3/c1-7-3-5-9(6-4-7)10(12)8(2)11(13)14/h3-6,8,10,12H,1-2H3,(H,13,14)/t8-,10+/m0/s1. The Hall–Kier alpha value is -1.35. The molecule has 0 radical (unpaired) electrons. The van der Waals surface area contributed by atoms with E-state index in [2.05, 4.69) is 0 Å². The van der Waals surface area contributed by atoms with E-state index in [0.29, 0.717) is 5.56 Å². The molecule has 0 spiro atoms. The largest absolute Gasteiger partial charge is 0.481 e. The summed E-state index contributed by atoms with van der Waals surface area (Å²) in [4.78, 5) is 10.6. The predicted molar refractivity (Wildman–Crippen MR) is 52.9 cm³/mol. The molecule has 0 bridgehead atoms. The highest BCUT2D eigenvalue weighted by molar-refractivity contribution is 5.70. The van der Waals surface area contributed by atoms with Crippen molar-refractivity contribution in [2.75, 3.05) is 0 Å². The Labute approximate surface area is 83.0 Å². The molecular weight excluding hydrogens is 180 g/mol. The lowest BCUT2D eigenvalue weighted by atomic mass is 9.97. The van der Waals surface area contributed by atoms with Crippen molar-refractivity contribution in [1.82, 2.24) is 0 Å². The quantitative estimate of drug-likeness (QED) is 0.770. The molecule has 0 aliphatic heterocycles. The molecular formula is C11H14O3. The molecule has 0 aliphatic rings. The van der Waals surface area contributed by atoms with Crippen molar-refractivity contribution >= 4 is 5.97 Å². The molecule has 0 aromatic heterocycles. The highest BCUT2D eigenvalue weighted by Gasteiger charge is 2.22. The van der Waals surface area contributed by atoms with Crippen LogP contribution in [-0.4, -0.2) is 16.2 Å². The van der Waals surface area contributed by atoms with Gasteiger partial charge in [0.1, 0.15) is 0 Å². The molecule has 0 heterocycles. The SMILES string of the molecule is Cc1ccc([C@H](O)[C@H](C)C(=O)O)cc1. The second kappa shape index (κ2) is 4.24. The van der Waals surface area contributed by atoms with Gasteiger partial charge in [0.05, 0.1) is 12.0 Å². The lowest BCUT2D eigenvalue weighted by molar-refractivity contribution is -0.145. The average Bonchev–Trinajstić information content (AvgIpc) is 2.16. The zero-order valence-corrected chi connectivity index (χ0v) is 8.27. The molecule has 2 atom stereocenters. The Morgan fingerprint density at radius 1 is 1.29 bits per heavy atom. The molecule has 0 amide bonds. The summed E-state index contributed by atoms with van der Waals surface area (Å²) in [7, 11) is 0. The molecule has 2 N–H and O–H groups in total. The fourth-order valence-electron chi connectivity index (χ4n) is 1.19. The monoisotopic (exact) mass is 194 g/mol. The topological polar surface area (TPSA) is 57.5 Å². The van der Waals surface area contributed by atoms with Crippen LogP contribution in [0, 0.1) is 12.8 Å². The van der Waals surface area contributed by atoms with Crippen molar-refractivity contribution in [3.05, 3.63) is 35.4 Å². The van der Waals surface area contributed by atoms with E-state index >= 15 is 0 Å². The van der Waals surface area contributed by atoms with Gasteiger partial charge in [0, 0.05) is 0 Å². The van der Waals surface area contributed by atoms with E-state index in [1.807, 2.05) is 19.1 Å². The highest BCUT2D eigenvalue weighted by Crippen LogP contribution is 2.21. The number of carbonyl (C=O) groups is 1. The highest BCUT2D eigenvalue weighted by atomic mass is 16.4. The maximum absolute atomic E-state index is 10.6. The molecule has 0 unspecified atom stereocenters. The van der Waals surface area contributed by atoms with Crippen LogP contribution in [0.4, 0.5) is 0 Å². The number of aliphatic hydroxyl groups is 1. The first-order valence-electron chi connectivity index (χ1n) is 4.50. The van der Waals surface area contributed by atoms with Gasteiger partial charge in [0.15, 0.2) is 0 Å². The molecule has 1 aromatic rings. The van der Waals surface area contributed by atoms with E-state index in [4.69, 9.17) is 5.11 Å². The van der Waals surface area contributed by atoms with E-state index in [1.54, 1.807) is 12.1 Å². The van der Waals surface area contributed by atoms with Crippen LogP contribution in [0.3, 0.4) is 0 Å². The smallest absolute Gasteiger partial charge is 0.309 e. The first-order valence-corrected chi connectivity index (χ1v) is 4.50. The Kier molecular flexibility index (Phi) is 3.25. The third-order valence-electron chi connectivity index (χ3n) is 2.28. The van der Waals surface area contributed by atoms with Crippen LogP contribution in [0.25, 0.3) is 0 Å². The Morgan fingerprint density at radius 2 is 1.79 bits per heavy atom. The van der Waals surface area contributed by atoms with Gasteiger partial charge in [-0.1, -0.05) is 29.8 Å². The lowest BCUT2D eigenvalue weighted by Crippen LogP contribution is -2.18. The number of hydrogen-bond donors (Lipinski definition) is 2. The van der Waals surface area contributed by atoms with E-state index < -0.39 is 18.0 Å². The minimum Gasteiger partial charge on any atom is -0.481 e. The lowest BCUT2D eigenvalue weighted by Gasteiger charge is -2.15. The Balaban J connectivity index is 2.84. The summed E-state index contributed by atoms with van der Waals surface area (Å²) < 4.78 is 0. The van der Waals surface area contributed by atoms with Crippen molar-refractivity contribution < 1.29 is 15.0 Å². The molecule has 0 aliphatic carbocycles. The number of rotatable bonds is 3. The minimum absolute atomic E-state index is 0.644. The van der Waals surface area contributed by atoms with E-state index in [9.17, 15) is 9.90 Å². The van der Waals surface area contributed by atoms with E-state index in [1.165, 1.54) is 6.92 Å². The number of hydrogen-bond acceptors (Lipinski definition) is 2. The van der Waals surface area contributed by atoms with Gasteiger partial charge in [0.25, 0.3) is 0 Å². The van der Waals surface area contributed by atoms with Crippen LogP contribution in [-0.2, 0) is 4.79 Å². The third-order valence-corrected chi connectivity index (χ3v) is 2.28. The zero-order valence-electron chi connectivity index (χ0n) is 8.27. The first kappa shape index (κ1) is 10.7. The van der Waals surface area contributed by atoms with Gasteiger partial charge in [0.2, 0.25) is 0 Å². The van der Waals surface area contributed by atoms with Crippen molar-refractivity contribution in [3.8, 4) is 0 Å². The summed E-state index contributed by atoms with van der Waals surface area (Å²) in [5, 5.41) is 18.4. The van der Waals surface area contributed by atoms with E-state index in [-0.39, 0.29) is 0 Å². The van der Waals surface area contributed by atoms with Crippen LogP contribution < -0.4 is 0 Å². The normalized spacial score (nSPS) is 14.8. The number of aliphatic hydroxyl groups excluding tert-OH is 1. The minimum atomic E-state index is -0.988. The van der Waals surface area contributed by atoms with Crippen LogP contribution in [0.1, 0.15) is 24.2 Å². The first-order chi connectivity index (χ1) is 6.52. The molecule has 3 heteroatoms. The maximum atomic E-state index is 10.6. The van der Waals surface area contributed by atoms with Crippen molar-refractivity contribution in [1.29, 1.82) is 0 Å². The molecule has 3 nitrogen and oxygen atoms in total. The molecule has 0 saturated carbocycles. The number of aryl methyl sites for hydroxylation is 1. The van der Waals surface area contributed by atoms with Crippen LogP contribution in [0.2, 0.25) is 0 Å². The molecule has 1 rings (SSSR count). The summed E-state index contributed by atoms with van der Waals surface area (Å²) >= 11 is 0. The molecule has 76 valence electrons. The zero-order chi connectivity index (χ0) is 10.7. The Morgan fingerprint density at radius 3 is 2.21 bits per heavy atom. The maximum Gasteiger partial charge on any atom is 0.309 e. The van der Waals surface area contributed by atoms with Gasteiger partial charge in [-0.05, 0) is 19.4 Å². The average molecular weight is 194 g/mol. The fourth-order valence-corrected chi connectivity index (χ4v) is 1.19. The predicted octanol–water partition coefficient (Wildman–Crippen LogP) is 1.75. The van der Waals surface area contributed by atoms with Crippen LogP contribution >= 0.6 is 0 Å². The van der Waals surface area contributed by atoms with Crippen molar-refractivity contribution in [3.63, 3.8) is 0 Å². The van der Waals surface area contributed by atoms with E-state index in [0.717, 1.165) is 5.56 Å². The number of aliphatic carboxylic acids is 1. The summed E-state index contributed by atoms with van der Waals surface area (Å²) in [5.74, 6) is -1.77. The van der Waals surface area contributed by atoms with Gasteiger partial charge in [-0.2, -0.15) is 0 Å². The number of carboxylic acids is 1. The summed E-state index contributed by atoms with van der Waals surface area (Å²) in [6.07, 6.45) is -0.937.